The molecule has 0 unspecified atom stereocenters. The smallest absolute Gasteiger partial charge is 0.190 e. The summed E-state index contributed by atoms with van der Waals surface area (Å²) in [5, 5.41) is 2.10. The summed E-state index contributed by atoms with van der Waals surface area (Å²) in [7, 11) is 1.65. The summed E-state index contributed by atoms with van der Waals surface area (Å²) in [5.41, 5.74) is 2.98. The lowest BCUT2D eigenvalue weighted by molar-refractivity contribution is 0.415. The Kier molecular flexibility index (Phi) is 6.23. The van der Waals surface area contributed by atoms with Crippen LogP contribution in [-0.2, 0) is 6.54 Å². The summed E-state index contributed by atoms with van der Waals surface area (Å²) < 4.78 is 20.7. The first-order valence-electron chi connectivity index (χ1n) is 8.84. The summed E-state index contributed by atoms with van der Waals surface area (Å²) >= 11 is 1.61. The zero-order valence-corrected chi connectivity index (χ0v) is 15.9. The van der Waals surface area contributed by atoms with Crippen molar-refractivity contribution >= 4 is 17.0 Å². The number of rotatable bonds is 7. The highest BCUT2D eigenvalue weighted by atomic mass is 32.1. The molecule has 0 saturated heterocycles. The lowest BCUT2D eigenvalue weighted by Crippen LogP contribution is -2.16. The highest BCUT2D eigenvalue weighted by Crippen LogP contribution is 2.22. The van der Waals surface area contributed by atoms with Gasteiger partial charge in [-0.2, -0.15) is 0 Å². The fourth-order valence-corrected chi connectivity index (χ4v) is 3.73. The van der Waals surface area contributed by atoms with Gasteiger partial charge in [0.25, 0.3) is 0 Å². The van der Waals surface area contributed by atoms with Gasteiger partial charge in [0.2, 0.25) is 0 Å². The van der Waals surface area contributed by atoms with Crippen molar-refractivity contribution in [1.82, 2.24) is 4.57 Å². The summed E-state index contributed by atoms with van der Waals surface area (Å²) in [5.74, 6) is 0.600. The molecule has 1 heterocycles. The van der Waals surface area contributed by atoms with Gasteiger partial charge in [-0.1, -0.05) is 19.8 Å². The first kappa shape index (κ1) is 18.4. The predicted molar refractivity (Wildman–Crippen MR) is 105 cm³/mol. The molecule has 136 valence electrons. The lowest BCUT2D eigenvalue weighted by Gasteiger charge is -2.09. The molecule has 26 heavy (non-hydrogen) atoms. The maximum absolute atomic E-state index is 13.3. The van der Waals surface area contributed by atoms with Gasteiger partial charge in [0.15, 0.2) is 4.80 Å². The van der Waals surface area contributed by atoms with Gasteiger partial charge in [-0.05, 0) is 60.5 Å². The number of hydrogen-bond acceptors (Lipinski definition) is 3. The van der Waals surface area contributed by atoms with Crippen LogP contribution in [-0.4, -0.2) is 11.7 Å². The quantitative estimate of drug-likeness (QED) is 0.484. The Morgan fingerprint density at radius 2 is 1.77 bits per heavy atom. The molecular weight excluding hydrogens is 347 g/mol. The molecule has 2 aromatic carbocycles. The molecule has 0 atom stereocenters. The standard InChI is InChI=1S/C21H23FN2OS/c1-3-4-5-14-24-20(16-6-8-17(22)9-7-16)15-26-21(24)23-18-10-12-19(25-2)13-11-18/h6-13,15H,3-5,14H2,1-2H3. The first-order chi connectivity index (χ1) is 12.7. The van der Waals surface area contributed by atoms with Gasteiger partial charge >= 0.3 is 0 Å². The minimum absolute atomic E-state index is 0.218. The van der Waals surface area contributed by atoms with Gasteiger partial charge in [0.05, 0.1) is 18.5 Å². The van der Waals surface area contributed by atoms with E-state index >= 15 is 0 Å². The van der Waals surface area contributed by atoms with Crippen molar-refractivity contribution in [1.29, 1.82) is 0 Å². The molecule has 1 aromatic heterocycles. The van der Waals surface area contributed by atoms with E-state index in [4.69, 9.17) is 9.73 Å². The van der Waals surface area contributed by atoms with Gasteiger partial charge in [-0.15, -0.1) is 11.3 Å². The zero-order chi connectivity index (χ0) is 18.4. The Bertz CT molecular complexity index is 895. The number of aromatic nitrogens is 1. The number of unbranched alkanes of at least 4 members (excludes halogenated alkanes) is 2. The minimum Gasteiger partial charge on any atom is -0.497 e. The van der Waals surface area contributed by atoms with Gasteiger partial charge in [-0.3, -0.25) is 0 Å². The number of thiazole rings is 1. The van der Waals surface area contributed by atoms with E-state index in [0.29, 0.717) is 0 Å². The van der Waals surface area contributed by atoms with E-state index < -0.39 is 0 Å². The SMILES string of the molecule is CCCCCn1c(-c2ccc(F)cc2)csc1=Nc1ccc(OC)cc1. The second-order valence-corrected chi connectivity index (χ2v) is 6.92. The summed E-state index contributed by atoms with van der Waals surface area (Å²) in [6.07, 6.45) is 3.44. The fraction of sp³-hybridized carbons (Fsp3) is 0.286. The van der Waals surface area contributed by atoms with Crippen LogP contribution in [0.15, 0.2) is 58.9 Å². The molecular formula is C21H23FN2OS. The second kappa shape index (κ2) is 8.81. The van der Waals surface area contributed by atoms with Crippen molar-refractivity contribution < 1.29 is 9.13 Å². The molecule has 0 N–H and O–H groups in total. The lowest BCUT2D eigenvalue weighted by atomic mass is 10.1. The molecule has 0 fully saturated rings. The number of methoxy groups -OCH3 is 1. The average Bonchev–Trinajstić information content (AvgIpc) is 3.06. The molecule has 5 heteroatoms. The number of hydrogen-bond donors (Lipinski definition) is 0. The van der Waals surface area contributed by atoms with Crippen LogP contribution in [0.2, 0.25) is 0 Å². The topological polar surface area (TPSA) is 26.5 Å². The van der Waals surface area contributed by atoms with Crippen LogP contribution in [0, 0.1) is 5.82 Å². The maximum atomic E-state index is 13.3. The average molecular weight is 370 g/mol. The second-order valence-electron chi connectivity index (χ2n) is 6.08. The predicted octanol–water partition coefficient (Wildman–Crippen LogP) is 5.79. The minimum atomic E-state index is -0.218. The molecule has 0 aliphatic rings. The molecule has 3 rings (SSSR count). The Hall–Kier alpha value is -2.40. The largest absolute Gasteiger partial charge is 0.497 e. The Balaban J connectivity index is 2.00. The van der Waals surface area contributed by atoms with Gasteiger partial charge in [-0.25, -0.2) is 9.38 Å². The van der Waals surface area contributed by atoms with E-state index in [1.807, 2.05) is 36.4 Å². The van der Waals surface area contributed by atoms with E-state index in [1.165, 1.54) is 25.0 Å². The van der Waals surface area contributed by atoms with Gasteiger partial charge in [0.1, 0.15) is 11.6 Å². The van der Waals surface area contributed by atoms with Crippen molar-refractivity contribution in [3.05, 3.63) is 64.5 Å². The molecule has 0 bridgehead atoms. The van der Waals surface area contributed by atoms with E-state index in [1.54, 1.807) is 18.4 Å². The Labute approximate surface area is 157 Å². The Morgan fingerprint density at radius 1 is 1.04 bits per heavy atom. The number of nitrogens with zero attached hydrogens (tertiary/aromatic N) is 2. The van der Waals surface area contributed by atoms with E-state index in [0.717, 1.165) is 40.5 Å². The van der Waals surface area contributed by atoms with Crippen molar-refractivity contribution in [2.45, 2.75) is 32.7 Å². The normalized spacial score (nSPS) is 11.7. The molecule has 0 spiro atoms. The number of halogens is 1. The number of ether oxygens (including phenoxy) is 1. The number of benzene rings is 2. The van der Waals surface area contributed by atoms with Crippen LogP contribution in [0.4, 0.5) is 10.1 Å². The molecule has 0 saturated carbocycles. The third kappa shape index (κ3) is 4.41. The van der Waals surface area contributed by atoms with Crippen molar-refractivity contribution in [2.75, 3.05) is 7.11 Å². The maximum Gasteiger partial charge on any atom is 0.190 e. The van der Waals surface area contributed by atoms with E-state index in [2.05, 4.69) is 16.9 Å². The van der Waals surface area contributed by atoms with Gasteiger partial charge in [0, 0.05) is 11.9 Å². The van der Waals surface area contributed by atoms with E-state index in [-0.39, 0.29) is 5.82 Å². The monoisotopic (exact) mass is 370 g/mol. The van der Waals surface area contributed by atoms with Crippen LogP contribution in [0.25, 0.3) is 11.3 Å². The molecule has 0 aliphatic heterocycles. The van der Waals surface area contributed by atoms with Crippen LogP contribution in [0.3, 0.4) is 0 Å². The summed E-state index contributed by atoms with van der Waals surface area (Å²) in [4.78, 5) is 5.76. The van der Waals surface area contributed by atoms with Crippen LogP contribution >= 0.6 is 11.3 Å². The van der Waals surface area contributed by atoms with Crippen molar-refractivity contribution in [3.63, 3.8) is 0 Å². The summed E-state index contributed by atoms with van der Waals surface area (Å²) in [6.45, 7) is 3.10. The van der Waals surface area contributed by atoms with Gasteiger partial charge < -0.3 is 9.30 Å². The molecule has 3 aromatic rings. The molecule has 0 amide bonds. The molecule has 3 nitrogen and oxygen atoms in total. The third-order valence-electron chi connectivity index (χ3n) is 4.22. The Morgan fingerprint density at radius 3 is 2.42 bits per heavy atom. The highest BCUT2D eigenvalue weighted by molar-refractivity contribution is 7.07. The molecule has 0 radical (unpaired) electrons. The van der Waals surface area contributed by atoms with Crippen molar-refractivity contribution in [2.24, 2.45) is 4.99 Å². The zero-order valence-electron chi connectivity index (χ0n) is 15.1. The van der Waals surface area contributed by atoms with Crippen molar-refractivity contribution in [3.8, 4) is 17.0 Å². The molecule has 0 aliphatic carbocycles. The summed E-state index contributed by atoms with van der Waals surface area (Å²) in [6, 6.07) is 14.4. The third-order valence-corrected chi connectivity index (χ3v) is 5.08. The van der Waals surface area contributed by atoms with Crippen LogP contribution < -0.4 is 9.54 Å². The van der Waals surface area contributed by atoms with Crippen LogP contribution in [0.5, 0.6) is 5.75 Å². The highest BCUT2D eigenvalue weighted by Gasteiger charge is 2.08. The first-order valence-corrected chi connectivity index (χ1v) is 9.72. The van der Waals surface area contributed by atoms with Crippen LogP contribution in [0.1, 0.15) is 26.2 Å². The van der Waals surface area contributed by atoms with E-state index in [9.17, 15) is 4.39 Å². The fourth-order valence-electron chi connectivity index (χ4n) is 2.77.